The van der Waals surface area contributed by atoms with Gasteiger partial charge in [-0.2, -0.15) is 0 Å². The highest BCUT2D eigenvalue weighted by Crippen LogP contribution is 2.27. The minimum absolute atomic E-state index is 0.101. The van der Waals surface area contributed by atoms with E-state index in [1.54, 1.807) is 26.4 Å². The second-order valence-electron chi connectivity index (χ2n) is 3.57. The fraction of sp³-hybridized carbons (Fsp3) is 0.417. The van der Waals surface area contributed by atoms with Crippen LogP contribution < -0.4 is 15.4 Å². The van der Waals surface area contributed by atoms with Gasteiger partial charge in [0.1, 0.15) is 5.75 Å². The summed E-state index contributed by atoms with van der Waals surface area (Å²) < 4.78 is 10.9. The van der Waals surface area contributed by atoms with Gasteiger partial charge in [-0.1, -0.05) is 0 Å². The number of benzene rings is 1. The van der Waals surface area contributed by atoms with Gasteiger partial charge in [0.05, 0.1) is 24.7 Å². The van der Waals surface area contributed by atoms with Gasteiger partial charge in [-0.15, -0.1) is 0 Å². The summed E-state index contributed by atoms with van der Waals surface area (Å²) in [5.41, 5.74) is 0.702. The highest BCUT2D eigenvalue weighted by molar-refractivity contribution is 9.10. The quantitative estimate of drug-likeness (QED) is 0.751. The average Bonchev–Trinajstić information content (AvgIpc) is 2.37. The summed E-state index contributed by atoms with van der Waals surface area (Å²) in [5, 5.41) is 5.75. The van der Waals surface area contributed by atoms with E-state index in [1.165, 1.54) is 0 Å². The van der Waals surface area contributed by atoms with E-state index in [9.17, 15) is 4.79 Å². The summed E-state index contributed by atoms with van der Waals surface area (Å²) in [5.74, 6) is 0.579. The van der Waals surface area contributed by atoms with E-state index >= 15 is 0 Å². The third kappa shape index (κ3) is 5.03. The van der Waals surface area contributed by atoms with Crippen molar-refractivity contribution in [3.8, 4) is 5.75 Å². The van der Waals surface area contributed by atoms with Crippen molar-refractivity contribution in [1.29, 1.82) is 0 Å². The molecule has 0 aliphatic heterocycles. The van der Waals surface area contributed by atoms with Crippen molar-refractivity contribution in [2.24, 2.45) is 0 Å². The van der Waals surface area contributed by atoms with Gasteiger partial charge in [0.2, 0.25) is 5.91 Å². The molecule has 1 rings (SSSR count). The van der Waals surface area contributed by atoms with Gasteiger partial charge in [0.25, 0.3) is 0 Å². The Morgan fingerprint density at radius 3 is 2.83 bits per heavy atom. The Hall–Kier alpha value is -1.11. The maximum atomic E-state index is 11.6. The molecule has 1 aromatic rings. The van der Waals surface area contributed by atoms with Crippen LogP contribution in [0, 0.1) is 0 Å². The van der Waals surface area contributed by atoms with Crippen LogP contribution in [0.25, 0.3) is 0 Å². The van der Waals surface area contributed by atoms with Crippen molar-refractivity contribution < 1.29 is 14.3 Å². The molecule has 0 aliphatic carbocycles. The van der Waals surface area contributed by atoms with Crippen LogP contribution in [-0.4, -0.2) is 39.8 Å². The Balaban J connectivity index is 2.44. The number of amides is 1. The second kappa shape index (κ2) is 8.07. The Kier molecular flexibility index (Phi) is 6.70. The molecular formula is C12H17BrN2O3. The van der Waals surface area contributed by atoms with Crippen LogP contribution in [0.3, 0.4) is 0 Å². The summed E-state index contributed by atoms with van der Waals surface area (Å²) in [6.45, 7) is 1.48. The molecule has 0 saturated heterocycles. The number of carbonyl (C=O) groups excluding carboxylic acids is 1. The van der Waals surface area contributed by atoms with Crippen molar-refractivity contribution >= 4 is 27.5 Å². The molecule has 0 radical (unpaired) electrons. The third-order valence-corrected chi connectivity index (χ3v) is 2.86. The first kappa shape index (κ1) is 14.9. The summed E-state index contributed by atoms with van der Waals surface area (Å²) in [4.78, 5) is 11.6. The number of nitrogens with one attached hydrogen (secondary N) is 2. The molecule has 0 heterocycles. The SMILES string of the molecule is COCCNCC(=O)Nc1ccc(Br)c(OC)c1. The summed E-state index contributed by atoms with van der Waals surface area (Å²) in [7, 11) is 3.20. The van der Waals surface area contributed by atoms with Crippen molar-refractivity contribution in [3.63, 3.8) is 0 Å². The molecule has 0 fully saturated rings. The van der Waals surface area contributed by atoms with Gasteiger partial charge in [-0.25, -0.2) is 0 Å². The zero-order valence-corrected chi connectivity index (χ0v) is 12.0. The van der Waals surface area contributed by atoms with Crippen molar-refractivity contribution in [2.75, 3.05) is 39.2 Å². The molecule has 0 unspecified atom stereocenters. The van der Waals surface area contributed by atoms with Crippen LogP contribution in [0.5, 0.6) is 5.75 Å². The number of methoxy groups -OCH3 is 2. The number of hydrogen-bond acceptors (Lipinski definition) is 4. The standard InChI is InChI=1S/C12H17BrN2O3/c1-17-6-5-14-8-12(16)15-9-3-4-10(13)11(7-9)18-2/h3-4,7,14H,5-6,8H2,1-2H3,(H,15,16). The summed E-state index contributed by atoms with van der Waals surface area (Å²) in [6, 6.07) is 5.39. The molecule has 100 valence electrons. The zero-order valence-electron chi connectivity index (χ0n) is 10.5. The lowest BCUT2D eigenvalue weighted by atomic mass is 10.3. The van der Waals surface area contributed by atoms with Crippen LogP contribution in [0.1, 0.15) is 0 Å². The topological polar surface area (TPSA) is 59.6 Å². The normalized spacial score (nSPS) is 10.2. The lowest BCUT2D eigenvalue weighted by molar-refractivity contribution is -0.115. The highest BCUT2D eigenvalue weighted by atomic mass is 79.9. The minimum atomic E-state index is -0.101. The molecule has 1 aromatic carbocycles. The molecule has 0 saturated carbocycles. The maximum Gasteiger partial charge on any atom is 0.238 e. The van der Waals surface area contributed by atoms with E-state index in [4.69, 9.17) is 9.47 Å². The summed E-state index contributed by atoms with van der Waals surface area (Å²) in [6.07, 6.45) is 0. The van der Waals surface area contributed by atoms with Crippen LogP contribution in [0.2, 0.25) is 0 Å². The fourth-order valence-corrected chi connectivity index (χ4v) is 1.73. The molecule has 6 heteroatoms. The number of carbonyl (C=O) groups is 1. The Bertz CT molecular complexity index is 399. The van der Waals surface area contributed by atoms with Crippen molar-refractivity contribution in [2.45, 2.75) is 0 Å². The van der Waals surface area contributed by atoms with Gasteiger partial charge in [-0.3, -0.25) is 4.79 Å². The molecule has 2 N–H and O–H groups in total. The fourth-order valence-electron chi connectivity index (χ4n) is 1.32. The van der Waals surface area contributed by atoms with Gasteiger partial charge >= 0.3 is 0 Å². The van der Waals surface area contributed by atoms with Crippen LogP contribution >= 0.6 is 15.9 Å². The molecule has 0 aliphatic rings. The molecule has 5 nitrogen and oxygen atoms in total. The predicted octanol–water partition coefficient (Wildman–Crippen LogP) is 1.63. The smallest absolute Gasteiger partial charge is 0.238 e. The average molecular weight is 317 g/mol. The highest BCUT2D eigenvalue weighted by Gasteiger charge is 2.05. The van der Waals surface area contributed by atoms with E-state index in [1.807, 2.05) is 6.07 Å². The predicted molar refractivity (Wildman–Crippen MR) is 74.1 cm³/mol. The molecule has 0 atom stereocenters. The molecule has 0 bridgehead atoms. The van der Waals surface area contributed by atoms with E-state index < -0.39 is 0 Å². The molecular weight excluding hydrogens is 300 g/mol. The number of halogens is 1. The lowest BCUT2D eigenvalue weighted by Gasteiger charge is -2.09. The monoisotopic (exact) mass is 316 g/mol. The zero-order chi connectivity index (χ0) is 13.4. The third-order valence-electron chi connectivity index (χ3n) is 2.20. The minimum Gasteiger partial charge on any atom is -0.495 e. The largest absolute Gasteiger partial charge is 0.495 e. The molecule has 1 amide bonds. The second-order valence-corrected chi connectivity index (χ2v) is 4.42. The molecule has 0 aromatic heterocycles. The first-order chi connectivity index (χ1) is 8.67. The molecule has 18 heavy (non-hydrogen) atoms. The Morgan fingerprint density at radius 2 is 2.17 bits per heavy atom. The van der Waals surface area contributed by atoms with Crippen molar-refractivity contribution in [1.82, 2.24) is 5.32 Å². The van der Waals surface area contributed by atoms with E-state index in [0.29, 0.717) is 24.6 Å². The first-order valence-electron chi connectivity index (χ1n) is 5.50. The van der Waals surface area contributed by atoms with Gasteiger partial charge in [0, 0.05) is 25.4 Å². The van der Waals surface area contributed by atoms with E-state index in [-0.39, 0.29) is 12.5 Å². The van der Waals surface area contributed by atoms with Gasteiger partial charge < -0.3 is 20.1 Å². The Labute approximate surface area is 115 Å². The number of hydrogen-bond donors (Lipinski definition) is 2. The van der Waals surface area contributed by atoms with Crippen LogP contribution in [0.15, 0.2) is 22.7 Å². The van der Waals surface area contributed by atoms with Crippen molar-refractivity contribution in [3.05, 3.63) is 22.7 Å². The van der Waals surface area contributed by atoms with Crippen LogP contribution in [0.4, 0.5) is 5.69 Å². The summed E-state index contributed by atoms with van der Waals surface area (Å²) >= 11 is 3.35. The number of ether oxygens (including phenoxy) is 2. The Morgan fingerprint density at radius 1 is 1.39 bits per heavy atom. The van der Waals surface area contributed by atoms with E-state index in [0.717, 1.165) is 4.47 Å². The maximum absolute atomic E-state index is 11.6. The number of anilines is 1. The molecule has 0 spiro atoms. The lowest BCUT2D eigenvalue weighted by Crippen LogP contribution is -2.30. The first-order valence-corrected chi connectivity index (χ1v) is 6.29. The van der Waals surface area contributed by atoms with Gasteiger partial charge in [0.15, 0.2) is 0 Å². The van der Waals surface area contributed by atoms with Gasteiger partial charge in [-0.05, 0) is 28.1 Å². The van der Waals surface area contributed by atoms with Crippen LogP contribution in [-0.2, 0) is 9.53 Å². The van der Waals surface area contributed by atoms with E-state index in [2.05, 4.69) is 26.6 Å². The number of rotatable bonds is 7.